The minimum Gasteiger partial charge on any atom is -0.426 e. The van der Waals surface area contributed by atoms with Gasteiger partial charge in [0.25, 0.3) is 0 Å². The Hall–Kier alpha value is -1.83. The average molecular weight is 272 g/mol. The van der Waals surface area contributed by atoms with E-state index in [-0.39, 0.29) is 5.97 Å². The molecule has 0 unspecified atom stereocenters. The third-order valence-corrected chi connectivity index (χ3v) is 2.99. The molecule has 2 nitrogen and oxygen atoms in total. The molecule has 0 radical (unpaired) electrons. The van der Waals surface area contributed by atoms with Crippen LogP contribution in [-0.2, 0) is 11.2 Å². The smallest absolute Gasteiger partial charge is 0.308 e. The van der Waals surface area contributed by atoms with Gasteiger partial charge in [0.05, 0.1) is 0 Å². The molecule has 0 aliphatic rings. The summed E-state index contributed by atoms with van der Waals surface area (Å²) in [6.07, 6.45) is 7.41. The Bertz CT molecular complexity index is 506. The van der Waals surface area contributed by atoms with Crippen LogP contribution < -0.4 is 4.74 Å². The summed E-state index contributed by atoms with van der Waals surface area (Å²) >= 11 is 0. The fourth-order valence-corrected chi connectivity index (χ4v) is 1.90. The van der Waals surface area contributed by atoms with E-state index in [4.69, 9.17) is 4.74 Å². The van der Waals surface area contributed by atoms with E-state index in [1.54, 1.807) is 0 Å². The third kappa shape index (κ3) is 6.37. The lowest BCUT2D eigenvalue weighted by atomic mass is 10.1. The summed E-state index contributed by atoms with van der Waals surface area (Å²) < 4.78 is 5.21. The largest absolute Gasteiger partial charge is 0.426 e. The summed E-state index contributed by atoms with van der Waals surface area (Å²) in [7, 11) is 0. The maximum atomic E-state index is 11.1. The van der Waals surface area contributed by atoms with Gasteiger partial charge < -0.3 is 4.74 Å². The molecule has 0 bridgehead atoms. The molecule has 0 N–H and O–H groups in total. The molecule has 0 saturated heterocycles. The molecular formula is C18H24O2. The van der Waals surface area contributed by atoms with Gasteiger partial charge in [0.2, 0.25) is 0 Å². The van der Waals surface area contributed by atoms with Gasteiger partial charge in [-0.2, -0.15) is 0 Å². The SMILES string of the molecule is CC(=O)Oc1ccccc1C/C=C(\C)CCC=C(C)C. The third-order valence-electron chi connectivity index (χ3n) is 2.99. The van der Waals surface area contributed by atoms with Crippen molar-refractivity contribution >= 4 is 5.97 Å². The van der Waals surface area contributed by atoms with E-state index in [1.165, 1.54) is 18.1 Å². The van der Waals surface area contributed by atoms with Crippen molar-refractivity contribution in [1.29, 1.82) is 0 Å². The molecule has 108 valence electrons. The van der Waals surface area contributed by atoms with Crippen LogP contribution >= 0.6 is 0 Å². The molecule has 0 heterocycles. The first kappa shape index (κ1) is 16.2. The molecule has 20 heavy (non-hydrogen) atoms. The predicted octanol–water partition coefficient (Wildman–Crippen LogP) is 4.85. The lowest BCUT2D eigenvalue weighted by Gasteiger charge is -2.07. The van der Waals surface area contributed by atoms with Crippen LogP contribution in [0.15, 0.2) is 47.6 Å². The zero-order valence-electron chi connectivity index (χ0n) is 12.9. The fourth-order valence-electron chi connectivity index (χ4n) is 1.90. The Morgan fingerprint density at radius 3 is 2.45 bits per heavy atom. The highest BCUT2D eigenvalue weighted by atomic mass is 16.5. The predicted molar refractivity (Wildman–Crippen MR) is 83.9 cm³/mol. The van der Waals surface area contributed by atoms with Crippen LogP contribution in [0.2, 0.25) is 0 Å². The Morgan fingerprint density at radius 1 is 1.10 bits per heavy atom. The van der Waals surface area contributed by atoms with Gasteiger partial charge in [0.15, 0.2) is 0 Å². The summed E-state index contributed by atoms with van der Waals surface area (Å²) in [5.41, 5.74) is 3.77. The molecule has 0 spiro atoms. The standard InChI is InChI=1S/C18H24O2/c1-14(2)8-7-9-15(3)12-13-17-10-5-6-11-18(17)20-16(4)19/h5-6,8,10-12H,7,9,13H2,1-4H3/b15-12+. The summed E-state index contributed by atoms with van der Waals surface area (Å²) in [5, 5.41) is 0. The van der Waals surface area contributed by atoms with Gasteiger partial charge in [-0.15, -0.1) is 0 Å². The highest BCUT2D eigenvalue weighted by Crippen LogP contribution is 2.20. The normalized spacial score (nSPS) is 11.1. The van der Waals surface area contributed by atoms with Crippen molar-refractivity contribution in [3.05, 3.63) is 53.1 Å². The first-order valence-electron chi connectivity index (χ1n) is 7.04. The lowest BCUT2D eigenvalue weighted by Crippen LogP contribution is -2.03. The van der Waals surface area contributed by atoms with Gasteiger partial charge in [0, 0.05) is 6.92 Å². The van der Waals surface area contributed by atoms with Crippen molar-refractivity contribution in [2.75, 3.05) is 0 Å². The molecule has 0 saturated carbocycles. The Balaban J connectivity index is 2.64. The molecule has 0 fully saturated rings. The van der Waals surface area contributed by atoms with E-state index in [2.05, 4.69) is 32.9 Å². The van der Waals surface area contributed by atoms with Gasteiger partial charge in [-0.1, -0.05) is 41.5 Å². The molecule has 0 atom stereocenters. The van der Waals surface area contributed by atoms with Crippen LogP contribution in [0, 0.1) is 0 Å². The number of esters is 1. The minimum absolute atomic E-state index is 0.276. The number of para-hydroxylation sites is 1. The Kier molecular flexibility index (Phi) is 6.78. The van der Waals surface area contributed by atoms with Gasteiger partial charge in [0.1, 0.15) is 5.75 Å². The van der Waals surface area contributed by atoms with Crippen molar-refractivity contribution < 1.29 is 9.53 Å². The second kappa shape index (κ2) is 8.36. The van der Waals surface area contributed by atoms with Crippen molar-refractivity contribution in [2.24, 2.45) is 0 Å². The maximum absolute atomic E-state index is 11.1. The molecule has 0 aromatic heterocycles. The molecule has 1 aromatic carbocycles. The molecular weight excluding hydrogens is 248 g/mol. The fraction of sp³-hybridized carbons (Fsp3) is 0.389. The van der Waals surface area contributed by atoms with Crippen LogP contribution in [0.3, 0.4) is 0 Å². The topological polar surface area (TPSA) is 26.3 Å². The van der Waals surface area contributed by atoms with Gasteiger partial charge in [-0.05, 0) is 51.7 Å². The quantitative estimate of drug-likeness (QED) is 0.420. The highest BCUT2D eigenvalue weighted by molar-refractivity contribution is 5.69. The number of hydrogen-bond acceptors (Lipinski definition) is 2. The van der Waals surface area contributed by atoms with Gasteiger partial charge in [-0.3, -0.25) is 4.79 Å². The number of carbonyl (C=O) groups excluding carboxylic acids is 1. The molecule has 0 amide bonds. The van der Waals surface area contributed by atoms with Gasteiger partial charge >= 0.3 is 5.97 Å². The molecule has 2 heteroatoms. The average Bonchev–Trinajstić information content (AvgIpc) is 2.36. The summed E-state index contributed by atoms with van der Waals surface area (Å²) in [5.74, 6) is 0.384. The summed E-state index contributed by atoms with van der Waals surface area (Å²) in [4.78, 5) is 11.1. The zero-order valence-corrected chi connectivity index (χ0v) is 12.9. The van der Waals surface area contributed by atoms with Crippen LogP contribution in [0.4, 0.5) is 0 Å². The van der Waals surface area contributed by atoms with E-state index in [9.17, 15) is 4.79 Å². The van der Waals surface area contributed by atoms with Crippen LogP contribution in [0.25, 0.3) is 0 Å². The summed E-state index contributed by atoms with van der Waals surface area (Å²) in [6, 6.07) is 7.68. The van der Waals surface area contributed by atoms with Crippen molar-refractivity contribution in [3.63, 3.8) is 0 Å². The number of allylic oxidation sites excluding steroid dienone is 4. The number of benzene rings is 1. The second-order valence-electron chi connectivity index (χ2n) is 5.28. The number of carbonyl (C=O) groups is 1. The Morgan fingerprint density at radius 2 is 1.80 bits per heavy atom. The first-order valence-corrected chi connectivity index (χ1v) is 7.04. The van der Waals surface area contributed by atoms with Crippen LogP contribution in [0.5, 0.6) is 5.75 Å². The number of hydrogen-bond donors (Lipinski definition) is 0. The van der Waals surface area contributed by atoms with Gasteiger partial charge in [-0.25, -0.2) is 0 Å². The van der Waals surface area contributed by atoms with E-state index >= 15 is 0 Å². The van der Waals surface area contributed by atoms with E-state index in [0.717, 1.165) is 24.8 Å². The Labute approximate surface area is 122 Å². The molecule has 0 aliphatic carbocycles. The number of rotatable bonds is 6. The lowest BCUT2D eigenvalue weighted by molar-refractivity contribution is -0.131. The van der Waals surface area contributed by atoms with E-state index in [1.807, 2.05) is 24.3 Å². The number of ether oxygens (including phenoxy) is 1. The van der Waals surface area contributed by atoms with Crippen LogP contribution in [-0.4, -0.2) is 5.97 Å². The van der Waals surface area contributed by atoms with Crippen molar-refractivity contribution in [1.82, 2.24) is 0 Å². The second-order valence-corrected chi connectivity index (χ2v) is 5.28. The monoisotopic (exact) mass is 272 g/mol. The zero-order chi connectivity index (χ0) is 15.0. The molecule has 1 aromatic rings. The van der Waals surface area contributed by atoms with Crippen LogP contribution in [0.1, 0.15) is 46.1 Å². The molecule has 0 aliphatic heterocycles. The summed E-state index contributed by atoms with van der Waals surface area (Å²) in [6.45, 7) is 7.81. The maximum Gasteiger partial charge on any atom is 0.308 e. The van der Waals surface area contributed by atoms with Crippen molar-refractivity contribution in [2.45, 2.75) is 47.0 Å². The first-order chi connectivity index (χ1) is 9.49. The molecule has 1 rings (SSSR count). The van der Waals surface area contributed by atoms with E-state index in [0.29, 0.717) is 5.75 Å². The van der Waals surface area contributed by atoms with E-state index < -0.39 is 0 Å². The minimum atomic E-state index is -0.276. The van der Waals surface area contributed by atoms with Crippen molar-refractivity contribution in [3.8, 4) is 5.75 Å². The highest BCUT2D eigenvalue weighted by Gasteiger charge is 2.04.